The SMILES string of the molecule is CC(O)CN(C)C(=O)c1ccc2ncc(-c3ccc4c(=O)n(C)ccc4c3)nc2c1. The Balaban J connectivity index is 1.74. The van der Waals surface area contributed by atoms with Crippen LogP contribution in [0.15, 0.2) is 59.7 Å². The number of aliphatic hydroxyl groups is 1. The Morgan fingerprint density at radius 2 is 1.97 bits per heavy atom. The van der Waals surface area contributed by atoms with E-state index in [0.717, 1.165) is 10.9 Å². The molecular formula is C23H22N4O3. The van der Waals surface area contributed by atoms with Crippen molar-refractivity contribution in [3.8, 4) is 11.3 Å². The summed E-state index contributed by atoms with van der Waals surface area (Å²) in [4.78, 5) is 35.5. The molecule has 0 spiro atoms. The number of hydrogen-bond donors (Lipinski definition) is 1. The van der Waals surface area contributed by atoms with Gasteiger partial charge in [0.05, 0.1) is 29.0 Å². The van der Waals surface area contributed by atoms with Gasteiger partial charge in [0, 0.05) is 43.4 Å². The fourth-order valence-corrected chi connectivity index (χ4v) is 3.49. The van der Waals surface area contributed by atoms with Crippen LogP contribution in [-0.4, -0.2) is 50.1 Å². The van der Waals surface area contributed by atoms with Gasteiger partial charge in [-0.1, -0.05) is 6.07 Å². The van der Waals surface area contributed by atoms with Gasteiger partial charge in [-0.25, -0.2) is 4.98 Å². The maximum atomic E-state index is 12.6. The van der Waals surface area contributed by atoms with Gasteiger partial charge in [-0.15, -0.1) is 0 Å². The lowest BCUT2D eigenvalue weighted by Gasteiger charge is -2.18. The van der Waals surface area contributed by atoms with Crippen LogP contribution in [0.1, 0.15) is 17.3 Å². The first kappa shape index (κ1) is 19.7. The van der Waals surface area contributed by atoms with Crippen LogP contribution in [0, 0.1) is 0 Å². The van der Waals surface area contributed by atoms with Gasteiger partial charge in [0.2, 0.25) is 0 Å². The minimum absolute atomic E-state index is 0.0480. The first-order chi connectivity index (χ1) is 14.3. The number of nitrogens with zero attached hydrogens (tertiary/aromatic N) is 4. The quantitative estimate of drug-likeness (QED) is 0.567. The summed E-state index contributed by atoms with van der Waals surface area (Å²) in [7, 11) is 3.38. The summed E-state index contributed by atoms with van der Waals surface area (Å²) in [6.45, 7) is 1.89. The van der Waals surface area contributed by atoms with Crippen molar-refractivity contribution in [3.05, 3.63) is 70.8 Å². The number of hydrogen-bond acceptors (Lipinski definition) is 5. The molecule has 4 aromatic rings. The van der Waals surface area contributed by atoms with Crippen molar-refractivity contribution in [1.29, 1.82) is 0 Å². The largest absolute Gasteiger partial charge is 0.392 e. The zero-order valence-electron chi connectivity index (χ0n) is 17.0. The molecule has 1 N–H and O–H groups in total. The van der Waals surface area contributed by atoms with Crippen molar-refractivity contribution < 1.29 is 9.90 Å². The van der Waals surface area contributed by atoms with Gasteiger partial charge in [-0.3, -0.25) is 14.6 Å². The second-order valence-corrected chi connectivity index (χ2v) is 7.53. The smallest absolute Gasteiger partial charge is 0.258 e. The summed E-state index contributed by atoms with van der Waals surface area (Å²) in [6.07, 6.45) is 2.82. The molecule has 0 saturated carbocycles. The highest BCUT2D eigenvalue weighted by atomic mass is 16.3. The van der Waals surface area contributed by atoms with Crippen molar-refractivity contribution in [1.82, 2.24) is 19.4 Å². The topological polar surface area (TPSA) is 88.3 Å². The molecule has 0 radical (unpaired) electrons. The van der Waals surface area contributed by atoms with E-state index in [1.807, 2.05) is 18.2 Å². The number of aliphatic hydroxyl groups excluding tert-OH is 1. The number of benzene rings is 2. The number of amides is 1. The zero-order valence-corrected chi connectivity index (χ0v) is 17.0. The number of aromatic nitrogens is 3. The molecule has 0 bridgehead atoms. The Labute approximate surface area is 173 Å². The number of likely N-dealkylation sites (N-methyl/N-ethyl adjacent to an activating group) is 1. The maximum absolute atomic E-state index is 12.6. The number of aryl methyl sites for hydroxylation is 1. The first-order valence-corrected chi connectivity index (χ1v) is 9.63. The molecule has 1 amide bonds. The van der Waals surface area contributed by atoms with Gasteiger partial charge in [-0.2, -0.15) is 0 Å². The third-order valence-corrected chi connectivity index (χ3v) is 5.05. The number of rotatable bonds is 4. The first-order valence-electron chi connectivity index (χ1n) is 9.63. The van der Waals surface area contributed by atoms with Gasteiger partial charge in [-0.05, 0) is 48.7 Å². The molecule has 4 rings (SSSR count). The molecule has 0 aliphatic rings. The Kier molecular flexibility index (Phi) is 5.05. The Morgan fingerprint density at radius 3 is 2.73 bits per heavy atom. The van der Waals surface area contributed by atoms with Crippen LogP contribution in [0.5, 0.6) is 0 Å². The monoisotopic (exact) mass is 402 g/mol. The van der Waals surface area contributed by atoms with Crippen LogP contribution in [0.2, 0.25) is 0 Å². The van der Waals surface area contributed by atoms with E-state index in [4.69, 9.17) is 0 Å². The van der Waals surface area contributed by atoms with E-state index in [1.165, 1.54) is 4.90 Å². The Hall–Kier alpha value is -3.58. The van der Waals surface area contributed by atoms with E-state index in [9.17, 15) is 14.7 Å². The van der Waals surface area contributed by atoms with Crippen LogP contribution in [-0.2, 0) is 7.05 Å². The number of carbonyl (C=O) groups is 1. The second-order valence-electron chi connectivity index (χ2n) is 7.53. The summed E-state index contributed by atoms with van der Waals surface area (Å²) < 4.78 is 1.55. The molecule has 0 aliphatic carbocycles. The molecule has 152 valence electrons. The molecule has 2 heterocycles. The second kappa shape index (κ2) is 7.68. The summed E-state index contributed by atoms with van der Waals surface area (Å²) in [5, 5.41) is 11.0. The van der Waals surface area contributed by atoms with Gasteiger partial charge >= 0.3 is 0 Å². The molecule has 2 aromatic heterocycles. The van der Waals surface area contributed by atoms with Crippen LogP contribution in [0.3, 0.4) is 0 Å². The van der Waals surface area contributed by atoms with Crippen LogP contribution >= 0.6 is 0 Å². The lowest BCUT2D eigenvalue weighted by Crippen LogP contribution is -2.33. The maximum Gasteiger partial charge on any atom is 0.258 e. The number of fused-ring (bicyclic) bond motifs is 2. The lowest BCUT2D eigenvalue weighted by molar-refractivity contribution is 0.0704. The van der Waals surface area contributed by atoms with Crippen LogP contribution in [0.25, 0.3) is 33.1 Å². The standard InChI is InChI=1S/C23H22N4O3/c1-14(28)13-27(3)22(29)17-5-7-19-20(11-17)25-21(12-24-19)16-4-6-18-15(10-16)8-9-26(2)23(18)30/h4-12,14,28H,13H2,1-3H3. The fraction of sp³-hybridized carbons (Fsp3) is 0.217. The Morgan fingerprint density at radius 1 is 1.17 bits per heavy atom. The average molecular weight is 402 g/mol. The average Bonchev–Trinajstić information content (AvgIpc) is 2.74. The molecule has 1 unspecified atom stereocenters. The third kappa shape index (κ3) is 3.67. The lowest BCUT2D eigenvalue weighted by atomic mass is 10.1. The summed E-state index contributed by atoms with van der Waals surface area (Å²) >= 11 is 0. The highest BCUT2D eigenvalue weighted by Crippen LogP contribution is 2.23. The van der Waals surface area contributed by atoms with E-state index in [0.29, 0.717) is 27.7 Å². The van der Waals surface area contributed by atoms with Crippen molar-refractivity contribution in [2.24, 2.45) is 7.05 Å². The van der Waals surface area contributed by atoms with Crippen molar-refractivity contribution in [3.63, 3.8) is 0 Å². The van der Waals surface area contributed by atoms with Crippen LogP contribution < -0.4 is 5.56 Å². The fourth-order valence-electron chi connectivity index (χ4n) is 3.49. The molecule has 0 fully saturated rings. The Bertz CT molecular complexity index is 1330. The van der Waals surface area contributed by atoms with Gasteiger partial charge in [0.15, 0.2) is 0 Å². The van der Waals surface area contributed by atoms with Gasteiger partial charge < -0.3 is 14.6 Å². The molecule has 0 aliphatic heterocycles. The van der Waals surface area contributed by atoms with Gasteiger partial charge in [0.1, 0.15) is 0 Å². The van der Waals surface area contributed by atoms with E-state index in [1.54, 1.807) is 62.2 Å². The summed E-state index contributed by atoms with van der Waals surface area (Å²) in [5.41, 5.74) is 3.23. The highest BCUT2D eigenvalue weighted by Gasteiger charge is 2.15. The van der Waals surface area contributed by atoms with Gasteiger partial charge in [0.25, 0.3) is 11.5 Å². The minimum Gasteiger partial charge on any atom is -0.392 e. The van der Waals surface area contributed by atoms with E-state index >= 15 is 0 Å². The summed E-state index contributed by atoms with van der Waals surface area (Å²) in [5.74, 6) is -0.188. The number of pyridine rings is 1. The highest BCUT2D eigenvalue weighted by molar-refractivity contribution is 5.97. The van der Waals surface area contributed by atoms with E-state index in [2.05, 4.69) is 9.97 Å². The van der Waals surface area contributed by atoms with Crippen molar-refractivity contribution in [2.45, 2.75) is 13.0 Å². The molecule has 30 heavy (non-hydrogen) atoms. The molecular weight excluding hydrogens is 380 g/mol. The number of carbonyl (C=O) groups excluding carboxylic acids is 1. The predicted octanol–water partition coefficient (Wildman–Crippen LogP) is 2.60. The minimum atomic E-state index is -0.601. The molecule has 0 saturated heterocycles. The van der Waals surface area contributed by atoms with E-state index in [-0.39, 0.29) is 18.0 Å². The van der Waals surface area contributed by atoms with Crippen LogP contribution in [0.4, 0.5) is 0 Å². The molecule has 1 atom stereocenters. The summed E-state index contributed by atoms with van der Waals surface area (Å²) in [6, 6.07) is 12.6. The molecule has 7 heteroatoms. The normalized spacial score (nSPS) is 12.3. The molecule has 7 nitrogen and oxygen atoms in total. The van der Waals surface area contributed by atoms with E-state index < -0.39 is 6.10 Å². The zero-order chi connectivity index (χ0) is 21.4. The van der Waals surface area contributed by atoms with Crippen molar-refractivity contribution in [2.75, 3.05) is 13.6 Å². The third-order valence-electron chi connectivity index (χ3n) is 5.05. The molecule has 2 aromatic carbocycles. The van der Waals surface area contributed by atoms with Crippen molar-refractivity contribution >= 4 is 27.7 Å². The predicted molar refractivity (Wildman–Crippen MR) is 116 cm³/mol.